The number of nitrogens with zero attached hydrogens (tertiary/aromatic N) is 2. The van der Waals surface area contributed by atoms with Crippen LogP contribution in [0.2, 0.25) is 5.02 Å². The minimum Gasteiger partial charge on any atom is -0.489 e. The summed E-state index contributed by atoms with van der Waals surface area (Å²) in [5, 5.41) is 7.89. The van der Waals surface area contributed by atoms with Crippen molar-refractivity contribution in [3.63, 3.8) is 0 Å². The molecule has 0 fully saturated rings. The number of hydrogen-bond donors (Lipinski definition) is 1. The lowest BCUT2D eigenvalue weighted by Crippen LogP contribution is -2.11. The number of aromatic nitrogens is 2. The van der Waals surface area contributed by atoms with E-state index >= 15 is 0 Å². The lowest BCUT2D eigenvalue weighted by molar-refractivity contribution is 0.102. The fourth-order valence-corrected chi connectivity index (χ4v) is 3.82. The summed E-state index contributed by atoms with van der Waals surface area (Å²) < 4.78 is 11.8. The van der Waals surface area contributed by atoms with E-state index in [0.717, 1.165) is 27.2 Å². The van der Waals surface area contributed by atoms with E-state index < -0.39 is 0 Å². The Hall–Kier alpha value is -2.90. The number of anilines is 1. The zero-order chi connectivity index (χ0) is 19.7. The normalized spacial score (nSPS) is 11.0. The SMILES string of the molecule is Cc1noc(C)c1COc1ccc(C(=O)Nc2nc3ccc(Cl)cc3s2)cc1. The summed E-state index contributed by atoms with van der Waals surface area (Å²) in [7, 11) is 0. The molecule has 0 spiro atoms. The average Bonchev–Trinajstić information content (AvgIpc) is 3.22. The Balaban J connectivity index is 1.41. The maximum Gasteiger partial charge on any atom is 0.257 e. The highest BCUT2D eigenvalue weighted by Gasteiger charge is 2.12. The van der Waals surface area contributed by atoms with Crippen molar-refractivity contribution in [3.8, 4) is 5.75 Å². The molecule has 0 bridgehead atoms. The Morgan fingerprint density at radius 3 is 2.71 bits per heavy atom. The quantitative estimate of drug-likeness (QED) is 0.475. The van der Waals surface area contributed by atoms with Crippen LogP contribution < -0.4 is 10.1 Å². The van der Waals surface area contributed by atoms with Crippen LogP contribution >= 0.6 is 22.9 Å². The minimum absolute atomic E-state index is 0.234. The topological polar surface area (TPSA) is 77.2 Å². The van der Waals surface area contributed by atoms with Gasteiger partial charge in [-0.25, -0.2) is 4.98 Å². The van der Waals surface area contributed by atoms with Gasteiger partial charge in [-0.15, -0.1) is 0 Å². The third-order valence-electron chi connectivity index (χ3n) is 4.25. The van der Waals surface area contributed by atoms with E-state index in [0.29, 0.717) is 28.1 Å². The Morgan fingerprint density at radius 2 is 2.00 bits per heavy atom. The molecule has 4 rings (SSSR count). The van der Waals surface area contributed by atoms with Gasteiger partial charge in [-0.05, 0) is 56.3 Å². The Bertz CT molecular complexity index is 1130. The zero-order valence-electron chi connectivity index (χ0n) is 15.2. The van der Waals surface area contributed by atoms with Crippen LogP contribution in [-0.2, 0) is 6.61 Å². The van der Waals surface area contributed by atoms with E-state index in [1.165, 1.54) is 11.3 Å². The fraction of sp³-hybridized carbons (Fsp3) is 0.150. The number of hydrogen-bond acceptors (Lipinski definition) is 6. The maximum atomic E-state index is 12.5. The summed E-state index contributed by atoms with van der Waals surface area (Å²) in [5.41, 5.74) is 3.05. The van der Waals surface area contributed by atoms with Crippen molar-refractivity contribution >= 4 is 44.2 Å². The van der Waals surface area contributed by atoms with Crippen molar-refractivity contribution in [2.45, 2.75) is 20.5 Å². The van der Waals surface area contributed by atoms with Crippen LogP contribution in [0, 0.1) is 13.8 Å². The first kappa shape index (κ1) is 18.5. The second kappa shape index (κ2) is 7.61. The number of halogens is 1. The molecule has 4 aromatic rings. The fourth-order valence-electron chi connectivity index (χ4n) is 2.69. The molecular weight excluding hydrogens is 398 g/mol. The van der Waals surface area contributed by atoms with Crippen molar-refractivity contribution in [2.24, 2.45) is 0 Å². The van der Waals surface area contributed by atoms with Gasteiger partial charge in [0.15, 0.2) is 5.13 Å². The second-order valence-corrected chi connectivity index (χ2v) is 7.67. The molecule has 1 amide bonds. The smallest absolute Gasteiger partial charge is 0.257 e. The van der Waals surface area contributed by atoms with E-state index in [-0.39, 0.29) is 5.91 Å². The molecule has 0 saturated carbocycles. The zero-order valence-corrected chi connectivity index (χ0v) is 16.7. The number of ether oxygens (including phenoxy) is 1. The summed E-state index contributed by atoms with van der Waals surface area (Å²) in [6.45, 7) is 4.09. The van der Waals surface area contributed by atoms with E-state index in [2.05, 4.69) is 15.5 Å². The lowest BCUT2D eigenvalue weighted by atomic mass is 10.2. The van der Waals surface area contributed by atoms with Crippen molar-refractivity contribution in [2.75, 3.05) is 5.32 Å². The molecule has 0 aliphatic heterocycles. The molecule has 8 heteroatoms. The van der Waals surface area contributed by atoms with Gasteiger partial charge in [-0.2, -0.15) is 0 Å². The van der Waals surface area contributed by atoms with Crippen molar-refractivity contribution in [1.29, 1.82) is 0 Å². The molecule has 0 aliphatic rings. The van der Waals surface area contributed by atoms with Crippen LogP contribution in [0.25, 0.3) is 10.2 Å². The van der Waals surface area contributed by atoms with Gasteiger partial charge < -0.3 is 9.26 Å². The van der Waals surface area contributed by atoms with Crippen molar-refractivity contribution < 1.29 is 14.1 Å². The third-order valence-corrected chi connectivity index (χ3v) is 5.42. The molecule has 0 unspecified atom stereocenters. The molecule has 0 radical (unpaired) electrons. The third kappa shape index (κ3) is 3.85. The number of nitrogens with one attached hydrogen (secondary N) is 1. The number of rotatable bonds is 5. The molecule has 0 saturated heterocycles. The highest BCUT2D eigenvalue weighted by atomic mass is 35.5. The molecule has 6 nitrogen and oxygen atoms in total. The standard InChI is InChI=1S/C20H16ClN3O3S/c1-11-16(12(2)27-24-11)10-26-15-6-3-13(4-7-15)19(25)23-20-22-17-8-5-14(21)9-18(17)28-20/h3-9H,10H2,1-2H3,(H,22,23,25). The Labute approximate surface area is 170 Å². The Kier molecular flexibility index (Phi) is 5.02. The first-order valence-corrected chi connectivity index (χ1v) is 9.71. The molecule has 2 heterocycles. The highest BCUT2D eigenvalue weighted by Crippen LogP contribution is 2.28. The number of fused-ring (bicyclic) bond motifs is 1. The van der Waals surface area contributed by atoms with E-state index in [1.54, 1.807) is 30.3 Å². The van der Waals surface area contributed by atoms with Crippen LogP contribution in [-0.4, -0.2) is 16.0 Å². The number of carbonyl (C=O) groups excluding carboxylic acids is 1. The first-order valence-electron chi connectivity index (χ1n) is 8.51. The molecule has 2 aromatic heterocycles. The monoisotopic (exact) mass is 413 g/mol. The molecular formula is C20H16ClN3O3S. The van der Waals surface area contributed by atoms with Gasteiger partial charge in [-0.1, -0.05) is 28.1 Å². The summed E-state index contributed by atoms with van der Waals surface area (Å²) in [4.78, 5) is 16.9. The number of carbonyl (C=O) groups is 1. The van der Waals surface area contributed by atoms with Crippen LogP contribution in [0.1, 0.15) is 27.4 Å². The highest BCUT2D eigenvalue weighted by molar-refractivity contribution is 7.22. The summed E-state index contributed by atoms with van der Waals surface area (Å²) in [5.74, 6) is 1.17. The maximum absolute atomic E-state index is 12.5. The van der Waals surface area contributed by atoms with E-state index in [9.17, 15) is 4.79 Å². The number of benzene rings is 2. The van der Waals surface area contributed by atoms with Gasteiger partial charge in [0.1, 0.15) is 18.1 Å². The predicted octanol–water partition coefficient (Wildman–Crippen LogP) is 5.39. The van der Waals surface area contributed by atoms with Gasteiger partial charge in [0, 0.05) is 10.6 Å². The van der Waals surface area contributed by atoms with Gasteiger partial charge in [0.2, 0.25) is 0 Å². The second-order valence-electron chi connectivity index (χ2n) is 6.20. The number of aryl methyl sites for hydroxylation is 2. The summed E-state index contributed by atoms with van der Waals surface area (Å²) in [6.07, 6.45) is 0. The largest absolute Gasteiger partial charge is 0.489 e. The molecule has 28 heavy (non-hydrogen) atoms. The van der Waals surface area contributed by atoms with E-state index in [4.69, 9.17) is 20.9 Å². The van der Waals surface area contributed by atoms with Crippen LogP contribution in [0.4, 0.5) is 5.13 Å². The van der Waals surface area contributed by atoms with Gasteiger partial charge >= 0.3 is 0 Å². The lowest BCUT2D eigenvalue weighted by Gasteiger charge is -2.07. The Morgan fingerprint density at radius 1 is 1.21 bits per heavy atom. The van der Waals surface area contributed by atoms with Crippen LogP contribution in [0.15, 0.2) is 47.0 Å². The first-order chi connectivity index (χ1) is 13.5. The summed E-state index contributed by atoms with van der Waals surface area (Å²) >= 11 is 7.37. The minimum atomic E-state index is -0.234. The molecule has 0 atom stereocenters. The van der Waals surface area contributed by atoms with Crippen molar-refractivity contribution in [3.05, 3.63) is 70.1 Å². The number of thiazole rings is 1. The van der Waals surface area contributed by atoms with Crippen LogP contribution in [0.5, 0.6) is 5.75 Å². The van der Waals surface area contributed by atoms with Crippen LogP contribution in [0.3, 0.4) is 0 Å². The van der Waals surface area contributed by atoms with Crippen molar-refractivity contribution in [1.82, 2.24) is 10.1 Å². The van der Waals surface area contributed by atoms with Gasteiger partial charge in [0.25, 0.3) is 5.91 Å². The molecule has 142 valence electrons. The average molecular weight is 414 g/mol. The molecule has 1 N–H and O–H groups in total. The summed E-state index contributed by atoms with van der Waals surface area (Å²) in [6, 6.07) is 12.4. The number of amides is 1. The van der Waals surface area contributed by atoms with Gasteiger partial charge in [-0.3, -0.25) is 10.1 Å². The van der Waals surface area contributed by atoms with Gasteiger partial charge in [0.05, 0.1) is 21.5 Å². The molecule has 0 aliphatic carbocycles. The predicted molar refractivity (Wildman–Crippen MR) is 109 cm³/mol. The van der Waals surface area contributed by atoms with E-state index in [1.807, 2.05) is 26.0 Å². The molecule has 2 aromatic carbocycles.